The number of anilines is 3. The number of esters is 1. The molecule has 4 amide bonds. The van der Waals surface area contributed by atoms with Gasteiger partial charge in [-0.1, -0.05) is 48.5 Å². The Morgan fingerprint density at radius 3 is 2.20 bits per heavy atom. The Bertz CT molecular complexity index is 2010. The minimum Gasteiger partial charge on any atom is -0.465 e. The van der Waals surface area contributed by atoms with Crippen LogP contribution in [0.5, 0.6) is 0 Å². The van der Waals surface area contributed by atoms with Crippen molar-refractivity contribution in [1.82, 2.24) is 5.32 Å². The van der Waals surface area contributed by atoms with E-state index in [4.69, 9.17) is 4.74 Å². The molecule has 2 aromatic heterocycles. The lowest BCUT2D eigenvalue weighted by molar-refractivity contribution is -0.114. The largest absolute Gasteiger partial charge is 0.465 e. The SMILES string of the molecule is COC(=O)c1c(NC(=O)CSc2cccc(NC(=O)/C(=C/c3cccs3)NC(=O)c3ccccc3)c2)sc(C(=O)Nc2ccccc2)c1C. The molecular weight excluding hydrogens is 681 g/mol. The molecule has 0 aliphatic carbocycles. The summed E-state index contributed by atoms with van der Waals surface area (Å²) in [5, 5.41) is 13.2. The van der Waals surface area contributed by atoms with Crippen molar-refractivity contribution in [3.05, 3.63) is 135 Å². The first kappa shape index (κ1) is 34.8. The number of hydrogen-bond donors (Lipinski definition) is 4. The van der Waals surface area contributed by atoms with Gasteiger partial charge in [0.25, 0.3) is 17.7 Å². The Kier molecular flexibility index (Phi) is 11.8. The van der Waals surface area contributed by atoms with E-state index in [2.05, 4.69) is 21.3 Å². The number of rotatable bonds is 12. The first-order chi connectivity index (χ1) is 23.7. The van der Waals surface area contributed by atoms with E-state index in [-0.39, 0.29) is 26.9 Å². The fourth-order valence-corrected chi connectivity index (χ4v) is 7.03. The number of para-hydroxylation sites is 1. The van der Waals surface area contributed by atoms with Crippen LogP contribution < -0.4 is 21.3 Å². The summed E-state index contributed by atoms with van der Waals surface area (Å²) >= 11 is 3.62. The number of ether oxygens (including phenoxy) is 1. The highest BCUT2D eigenvalue weighted by atomic mass is 32.2. The van der Waals surface area contributed by atoms with Gasteiger partial charge in [-0.05, 0) is 72.5 Å². The third kappa shape index (κ3) is 9.32. The van der Waals surface area contributed by atoms with E-state index in [0.29, 0.717) is 27.4 Å². The van der Waals surface area contributed by atoms with E-state index in [1.807, 2.05) is 23.6 Å². The molecule has 0 atom stereocenters. The second-order valence-electron chi connectivity index (χ2n) is 10.3. The molecule has 0 spiro atoms. The van der Waals surface area contributed by atoms with Crippen LogP contribution in [0, 0.1) is 6.92 Å². The summed E-state index contributed by atoms with van der Waals surface area (Å²) in [5.41, 5.74) is 2.03. The highest BCUT2D eigenvalue weighted by Gasteiger charge is 2.26. The van der Waals surface area contributed by atoms with Crippen LogP contribution in [-0.2, 0) is 14.3 Å². The summed E-state index contributed by atoms with van der Waals surface area (Å²) in [5.74, 6) is -2.48. The Balaban J connectivity index is 1.25. The van der Waals surface area contributed by atoms with Gasteiger partial charge < -0.3 is 26.0 Å². The number of benzene rings is 3. The number of nitrogens with one attached hydrogen (secondary N) is 4. The summed E-state index contributed by atoms with van der Waals surface area (Å²) in [6, 6.07) is 28.1. The average Bonchev–Trinajstić information content (AvgIpc) is 3.75. The Labute approximate surface area is 294 Å². The highest BCUT2D eigenvalue weighted by molar-refractivity contribution is 8.00. The molecule has 248 valence electrons. The predicted octanol–water partition coefficient (Wildman–Crippen LogP) is 7.30. The Morgan fingerprint density at radius 2 is 1.51 bits per heavy atom. The molecule has 13 heteroatoms. The normalized spacial score (nSPS) is 10.9. The minimum absolute atomic E-state index is 0.0306. The summed E-state index contributed by atoms with van der Waals surface area (Å²) < 4.78 is 4.93. The fraction of sp³-hybridized carbons (Fsp3) is 0.0833. The lowest BCUT2D eigenvalue weighted by Gasteiger charge is -2.12. The number of carbonyl (C=O) groups is 5. The highest BCUT2D eigenvalue weighted by Crippen LogP contribution is 2.34. The van der Waals surface area contributed by atoms with Gasteiger partial charge in [-0.15, -0.1) is 34.4 Å². The molecule has 10 nitrogen and oxygen atoms in total. The molecule has 5 rings (SSSR count). The Hall–Kier alpha value is -5.50. The lowest BCUT2D eigenvalue weighted by Crippen LogP contribution is -2.30. The standard InChI is InChI=1S/C36H30N4O6S3/c1-22-30(36(45)46-2)35(49-31(22)34(44)37-24-13-7-4-8-14-24)40-29(41)21-48-26-16-9-15-25(19-26)38-33(43)28(20-27-17-10-18-47-27)39-32(42)23-11-5-3-6-12-23/h3-20H,21H2,1-2H3,(H,37,44)(H,38,43)(H,39,42)(H,40,41)/b28-20-. The molecule has 0 aliphatic rings. The molecular formula is C36H30N4O6S3. The van der Waals surface area contributed by atoms with Gasteiger partial charge in [0.15, 0.2) is 0 Å². The van der Waals surface area contributed by atoms with Crippen LogP contribution in [-0.4, -0.2) is 42.5 Å². The molecule has 0 bridgehead atoms. The van der Waals surface area contributed by atoms with E-state index < -0.39 is 29.6 Å². The van der Waals surface area contributed by atoms with Crippen molar-refractivity contribution in [1.29, 1.82) is 0 Å². The zero-order valence-electron chi connectivity index (χ0n) is 26.3. The molecule has 0 unspecified atom stereocenters. The van der Waals surface area contributed by atoms with Gasteiger partial charge in [-0.3, -0.25) is 19.2 Å². The molecule has 4 N–H and O–H groups in total. The van der Waals surface area contributed by atoms with Crippen LogP contribution in [0.1, 0.15) is 40.8 Å². The third-order valence-corrected chi connectivity index (χ3v) is 9.87. The monoisotopic (exact) mass is 710 g/mol. The predicted molar refractivity (Wildman–Crippen MR) is 195 cm³/mol. The number of hydrogen-bond acceptors (Lipinski definition) is 9. The molecule has 0 aliphatic heterocycles. The van der Waals surface area contributed by atoms with Crippen molar-refractivity contribution in [2.75, 3.05) is 28.8 Å². The molecule has 0 fully saturated rings. The number of amides is 4. The van der Waals surface area contributed by atoms with E-state index in [9.17, 15) is 24.0 Å². The van der Waals surface area contributed by atoms with Crippen LogP contribution in [0.2, 0.25) is 0 Å². The van der Waals surface area contributed by atoms with Gasteiger partial charge in [-0.25, -0.2) is 4.79 Å². The average molecular weight is 711 g/mol. The van der Waals surface area contributed by atoms with Gasteiger partial charge in [0.05, 0.1) is 23.3 Å². The van der Waals surface area contributed by atoms with Crippen molar-refractivity contribution in [2.24, 2.45) is 0 Å². The molecule has 2 heterocycles. The summed E-state index contributed by atoms with van der Waals surface area (Å²) in [6.45, 7) is 1.63. The van der Waals surface area contributed by atoms with Gasteiger partial charge in [0, 0.05) is 26.7 Å². The number of thiophene rings is 2. The van der Waals surface area contributed by atoms with E-state index in [1.165, 1.54) is 30.2 Å². The first-order valence-electron chi connectivity index (χ1n) is 14.8. The summed E-state index contributed by atoms with van der Waals surface area (Å²) in [6.07, 6.45) is 1.61. The fourth-order valence-electron chi connectivity index (χ4n) is 4.51. The summed E-state index contributed by atoms with van der Waals surface area (Å²) in [4.78, 5) is 66.7. The van der Waals surface area contributed by atoms with Crippen molar-refractivity contribution in [2.45, 2.75) is 11.8 Å². The van der Waals surface area contributed by atoms with Crippen LogP contribution in [0.15, 0.2) is 113 Å². The summed E-state index contributed by atoms with van der Waals surface area (Å²) in [7, 11) is 1.23. The number of thioether (sulfide) groups is 1. The zero-order valence-corrected chi connectivity index (χ0v) is 28.7. The molecule has 0 saturated carbocycles. The molecule has 3 aromatic carbocycles. The van der Waals surface area contributed by atoms with Crippen LogP contribution >= 0.6 is 34.4 Å². The molecule has 0 radical (unpaired) electrons. The molecule has 49 heavy (non-hydrogen) atoms. The van der Waals surface area contributed by atoms with Crippen molar-refractivity contribution < 1.29 is 28.7 Å². The van der Waals surface area contributed by atoms with Crippen molar-refractivity contribution in [3.63, 3.8) is 0 Å². The van der Waals surface area contributed by atoms with Crippen molar-refractivity contribution in [3.8, 4) is 0 Å². The van der Waals surface area contributed by atoms with Gasteiger partial charge in [0.1, 0.15) is 10.7 Å². The lowest BCUT2D eigenvalue weighted by atomic mass is 10.1. The maximum Gasteiger partial charge on any atom is 0.341 e. The quantitative estimate of drug-likeness (QED) is 0.0605. The van der Waals surface area contributed by atoms with E-state index >= 15 is 0 Å². The van der Waals surface area contributed by atoms with Crippen LogP contribution in [0.25, 0.3) is 6.08 Å². The first-order valence-corrected chi connectivity index (χ1v) is 17.4. The van der Waals surface area contributed by atoms with Crippen LogP contribution in [0.4, 0.5) is 16.4 Å². The smallest absolute Gasteiger partial charge is 0.341 e. The third-order valence-electron chi connectivity index (χ3n) is 6.85. The number of carbonyl (C=O) groups excluding carboxylic acids is 5. The number of methoxy groups -OCH3 is 1. The molecule has 0 saturated heterocycles. The van der Waals surface area contributed by atoms with E-state index in [0.717, 1.165) is 16.2 Å². The second-order valence-corrected chi connectivity index (χ2v) is 13.3. The second kappa shape index (κ2) is 16.6. The van der Waals surface area contributed by atoms with Gasteiger partial charge in [0.2, 0.25) is 5.91 Å². The van der Waals surface area contributed by atoms with Gasteiger partial charge in [-0.2, -0.15) is 0 Å². The maximum absolute atomic E-state index is 13.4. The van der Waals surface area contributed by atoms with E-state index in [1.54, 1.807) is 91.9 Å². The zero-order chi connectivity index (χ0) is 34.8. The molecule has 5 aromatic rings. The van der Waals surface area contributed by atoms with Crippen LogP contribution in [0.3, 0.4) is 0 Å². The van der Waals surface area contributed by atoms with Crippen molar-refractivity contribution >= 4 is 86.5 Å². The minimum atomic E-state index is -0.675. The van der Waals surface area contributed by atoms with Gasteiger partial charge >= 0.3 is 5.97 Å². The Morgan fingerprint density at radius 1 is 0.796 bits per heavy atom. The maximum atomic E-state index is 13.4. The topological polar surface area (TPSA) is 143 Å².